The number of amides is 1. The number of halogens is 1. The van der Waals surface area contributed by atoms with Gasteiger partial charge in [-0.3, -0.25) is 4.79 Å². The highest BCUT2D eigenvalue weighted by molar-refractivity contribution is 5.95. The fourth-order valence-corrected chi connectivity index (χ4v) is 2.67. The highest BCUT2D eigenvalue weighted by atomic mass is 19.1. The van der Waals surface area contributed by atoms with Gasteiger partial charge in [0.15, 0.2) is 0 Å². The summed E-state index contributed by atoms with van der Waals surface area (Å²) in [4.78, 5) is 14.1. The van der Waals surface area contributed by atoms with E-state index in [9.17, 15) is 14.3 Å². The van der Waals surface area contributed by atoms with Crippen LogP contribution in [0, 0.1) is 12.7 Å². The molecule has 2 atom stereocenters. The Hall–Kier alpha value is -1.42. The Balaban J connectivity index is 2.28. The van der Waals surface area contributed by atoms with Crippen LogP contribution in [0.3, 0.4) is 0 Å². The van der Waals surface area contributed by atoms with Crippen molar-refractivity contribution in [3.05, 3.63) is 35.1 Å². The van der Waals surface area contributed by atoms with Crippen LogP contribution in [-0.4, -0.2) is 34.6 Å². The Morgan fingerprint density at radius 3 is 2.89 bits per heavy atom. The molecule has 1 fully saturated rings. The van der Waals surface area contributed by atoms with Crippen molar-refractivity contribution in [3.8, 4) is 0 Å². The lowest BCUT2D eigenvalue weighted by Crippen LogP contribution is -2.49. The van der Waals surface area contributed by atoms with Gasteiger partial charge in [0.05, 0.1) is 17.7 Å². The molecule has 1 saturated heterocycles. The zero-order valence-corrected chi connectivity index (χ0v) is 11.4. The van der Waals surface area contributed by atoms with Gasteiger partial charge in [0.25, 0.3) is 5.91 Å². The number of likely N-dealkylation sites (tertiary alicyclic amines) is 1. The lowest BCUT2D eigenvalue weighted by atomic mass is 9.96. The molecule has 1 aromatic carbocycles. The van der Waals surface area contributed by atoms with E-state index >= 15 is 0 Å². The second-order valence-corrected chi connectivity index (χ2v) is 5.29. The number of aliphatic hydroxyl groups is 1. The quantitative estimate of drug-likeness (QED) is 0.892. The van der Waals surface area contributed by atoms with Gasteiger partial charge in [-0.05, 0) is 45.2 Å². The molecule has 4 heteroatoms. The monoisotopic (exact) mass is 265 g/mol. The Kier molecular flexibility index (Phi) is 4.20. The van der Waals surface area contributed by atoms with Crippen molar-refractivity contribution in [2.24, 2.45) is 0 Å². The molecular formula is C15H20FNO2. The summed E-state index contributed by atoms with van der Waals surface area (Å²) in [6, 6.07) is 4.34. The minimum atomic E-state index is -0.586. The molecule has 0 saturated carbocycles. The van der Waals surface area contributed by atoms with Gasteiger partial charge in [-0.2, -0.15) is 0 Å². The van der Waals surface area contributed by atoms with E-state index in [1.807, 2.05) is 6.92 Å². The number of aliphatic hydroxyl groups excluding tert-OH is 1. The van der Waals surface area contributed by atoms with Crippen LogP contribution in [0.4, 0.5) is 4.39 Å². The van der Waals surface area contributed by atoms with E-state index in [0.717, 1.165) is 24.8 Å². The SMILES string of the molecule is Cc1ccc(F)c(C(=O)N2CCCCC2C(C)O)c1. The summed E-state index contributed by atoms with van der Waals surface area (Å²) in [6.45, 7) is 4.10. The van der Waals surface area contributed by atoms with E-state index in [1.165, 1.54) is 6.07 Å². The number of rotatable bonds is 2. The molecule has 0 aliphatic carbocycles. The molecule has 2 unspecified atom stereocenters. The topological polar surface area (TPSA) is 40.5 Å². The van der Waals surface area contributed by atoms with Crippen LogP contribution in [0.1, 0.15) is 42.1 Å². The first-order chi connectivity index (χ1) is 9.00. The van der Waals surface area contributed by atoms with Crippen LogP contribution < -0.4 is 0 Å². The molecule has 2 rings (SSSR count). The Labute approximate surface area is 113 Å². The molecule has 0 bridgehead atoms. The molecule has 1 aliphatic heterocycles. The number of carbonyl (C=O) groups is 1. The van der Waals surface area contributed by atoms with Gasteiger partial charge >= 0.3 is 0 Å². The predicted octanol–water partition coefficient (Wildman–Crippen LogP) is 2.51. The number of aryl methyl sites for hydroxylation is 1. The summed E-state index contributed by atoms with van der Waals surface area (Å²) in [5.41, 5.74) is 0.961. The van der Waals surface area contributed by atoms with Crippen molar-refractivity contribution in [1.82, 2.24) is 4.90 Å². The number of benzene rings is 1. The third kappa shape index (κ3) is 2.95. The summed E-state index contributed by atoms with van der Waals surface area (Å²) in [5.74, 6) is -0.808. The van der Waals surface area contributed by atoms with Crippen molar-refractivity contribution in [2.75, 3.05) is 6.54 Å². The van der Waals surface area contributed by atoms with E-state index in [2.05, 4.69) is 0 Å². The minimum Gasteiger partial charge on any atom is -0.391 e. The summed E-state index contributed by atoms with van der Waals surface area (Å²) in [7, 11) is 0. The van der Waals surface area contributed by atoms with Gasteiger partial charge in [-0.25, -0.2) is 4.39 Å². The van der Waals surface area contributed by atoms with E-state index in [1.54, 1.807) is 24.0 Å². The number of hydrogen-bond acceptors (Lipinski definition) is 2. The smallest absolute Gasteiger partial charge is 0.257 e. The molecule has 1 aromatic rings. The molecule has 1 heterocycles. The normalized spacial score (nSPS) is 21.3. The Morgan fingerprint density at radius 1 is 1.47 bits per heavy atom. The standard InChI is InChI=1S/C15H20FNO2/c1-10-6-7-13(16)12(9-10)15(19)17-8-4-3-5-14(17)11(2)18/h6-7,9,11,14,18H,3-5,8H2,1-2H3. The maximum Gasteiger partial charge on any atom is 0.257 e. The fourth-order valence-electron chi connectivity index (χ4n) is 2.67. The van der Waals surface area contributed by atoms with Crippen molar-refractivity contribution >= 4 is 5.91 Å². The molecule has 0 radical (unpaired) electrons. The zero-order chi connectivity index (χ0) is 14.0. The summed E-state index contributed by atoms with van der Waals surface area (Å²) in [6.07, 6.45) is 2.09. The van der Waals surface area contributed by atoms with E-state index in [0.29, 0.717) is 6.54 Å². The van der Waals surface area contributed by atoms with E-state index < -0.39 is 11.9 Å². The summed E-state index contributed by atoms with van der Waals surface area (Å²) >= 11 is 0. The first kappa shape index (κ1) is 14.0. The van der Waals surface area contributed by atoms with Crippen LogP contribution in [0.25, 0.3) is 0 Å². The van der Waals surface area contributed by atoms with Crippen LogP contribution in [0.2, 0.25) is 0 Å². The first-order valence-corrected chi connectivity index (χ1v) is 6.76. The highest BCUT2D eigenvalue weighted by Crippen LogP contribution is 2.23. The molecule has 1 aliphatic rings. The zero-order valence-electron chi connectivity index (χ0n) is 11.4. The molecule has 104 valence electrons. The molecule has 3 nitrogen and oxygen atoms in total. The van der Waals surface area contributed by atoms with Crippen LogP contribution in [-0.2, 0) is 0 Å². The Morgan fingerprint density at radius 2 is 2.21 bits per heavy atom. The van der Waals surface area contributed by atoms with Crippen LogP contribution >= 0.6 is 0 Å². The first-order valence-electron chi connectivity index (χ1n) is 6.76. The maximum atomic E-state index is 13.8. The van der Waals surface area contributed by atoms with Gasteiger partial charge < -0.3 is 10.0 Å². The maximum absolute atomic E-state index is 13.8. The predicted molar refractivity (Wildman–Crippen MR) is 71.5 cm³/mol. The second kappa shape index (κ2) is 5.70. The van der Waals surface area contributed by atoms with Gasteiger partial charge in [0.1, 0.15) is 5.82 Å². The number of hydrogen-bond donors (Lipinski definition) is 1. The van der Waals surface area contributed by atoms with Crippen molar-refractivity contribution in [1.29, 1.82) is 0 Å². The number of nitrogens with zero attached hydrogens (tertiary/aromatic N) is 1. The van der Waals surface area contributed by atoms with E-state index in [4.69, 9.17) is 0 Å². The van der Waals surface area contributed by atoms with Gasteiger partial charge in [0.2, 0.25) is 0 Å². The highest BCUT2D eigenvalue weighted by Gasteiger charge is 2.31. The summed E-state index contributed by atoms with van der Waals surface area (Å²) in [5, 5.41) is 9.78. The van der Waals surface area contributed by atoms with Crippen molar-refractivity contribution in [2.45, 2.75) is 45.3 Å². The third-order valence-electron chi connectivity index (χ3n) is 3.72. The molecular weight excluding hydrogens is 245 g/mol. The Bertz CT molecular complexity index is 473. The minimum absolute atomic E-state index is 0.104. The lowest BCUT2D eigenvalue weighted by Gasteiger charge is -2.37. The van der Waals surface area contributed by atoms with Crippen LogP contribution in [0.15, 0.2) is 18.2 Å². The molecule has 0 aromatic heterocycles. The van der Waals surface area contributed by atoms with Crippen molar-refractivity contribution < 1.29 is 14.3 Å². The van der Waals surface area contributed by atoms with Gasteiger partial charge in [-0.15, -0.1) is 0 Å². The van der Waals surface area contributed by atoms with E-state index in [-0.39, 0.29) is 17.5 Å². The van der Waals surface area contributed by atoms with Gasteiger partial charge in [-0.1, -0.05) is 11.6 Å². The van der Waals surface area contributed by atoms with Gasteiger partial charge in [0, 0.05) is 6.54 Å². The number of carbonyl (C=O) groups excluding carboxylic acids is 1. The van der Waals surface area contributed by atoms with Crippen LogP contribution in [0.5, 0.6) is 0 Å². The number of piperidine rings is 1. The molecule has 1 amide bonds. The molecule has 1 N–H and O–H groups in total. The van der Waals surface area contributed by atoms with Crippen molar-refractivity contribution in [3.63, 3.8) is 0 Å². The average molecular weight is 265 g/mol. The largest absolute Gasteiger partial charge is 0.391 e. The molecule has 0 spiro atoms. The fraction of sp³-hybridized carbons (Fsp3) is 0.533. The average Bonchev–Trinajstić information content (AvgIpc) is 2.40. The third-order valence-corrected chi connectivity index (χ3v) is 3.72. The molecule has 19 heavy (non-hydrogen) atoms. The summed E-state index contributed by atoms with van der Waals surface area (Å²) < 4.78 is 13.8. The lowest BCUT2D eigenvalue weighted by molar-refractivity contribution is 0.0277. The second-order valence-electron chi connectivity index (χ2n) is 5.29.